The number of nitrogens with one attached hydrogen (secondary N) is 2. The van der Waals surface area contributed by atoms with E-state index in [1.165, 1.54) is 16.7 Å². The Morgan fingerprint density at radius 2 is 1.88 bits per heavy atom. The summed E-state index contributed by atoms with van der Waals surface area (Å²) in [5.74, 6) is 0. The van der Waals surface area contributed by atoms with Crippen molar-refractivity contribution in [3.8, 4) is 0 Å². The predicted octanol–water partition coefficient (Wildman–Crippen LogP) is 2.56. The minimum Gasteiger partial charge on any atom is -0.308 e. The molecule has 16 heavy (non-hydrogen) atoms. The molecule has 0 atom stereocenters. The highest BCUT2D eigenvalue weighted by atomic mass is 15.0. The maximum Gasteiger partial charge on any atom is 0.0454 e. The van der Waals surface area contributed by atoms with E-state index in [9.17, 15) is 0 Å². The third-order valence-electron chi connectivity index (χ3n) is 2.83. The van der Waals surface area contributed by atoms with Gasteiger partial charge in [-0.15, -0.1) is 0 Å². The fourth-order valence-corrected chi connectivity index (χ4v) is 1.68. The molecule has 1 rings (SSSR count). The van der Waals surface area contributed by atoms with Crippen LogP contribution in [0.5, 0.6) is 0 Å². The molecule has 2 N–H and O–H groups in total. The van der Waals surface area contributed by atoms with Gasteiger partial charge in [0.1, 0.15) is 0 Å². The average Bonchev–Trinajstić information content (AvgIpc) is 2.19. The second-order valence-corrected chi connectivity index (χ2v) is 5.35. The van der Waals surface area contributed by atoms with Crippen molar-refractivity contribution in [1.29, 1.82) is 0 Å². The van der Waals surface area contributed by atoms with Gasteiger partial charge in [0, 0.05) is 13.2 Å². The van der Waals surface area contributed by atoms with E-state index in [4.69, 9.17) is 0 Å². The van der Waals surface area contributed by atoms with Crippen LogP contribution in [0.25, 0.3) is 0 Å². The third kappa shape index (κ3) is 3.62. The minimum atomic E-state index is 0.238. The average molecular weight is 220 g/mol. The minimum absolute atomic E-state index is 0.238. The molecular formula is C14H24N2. The molecule has 0 spiro atoms. The van der Waals surface area contributed by atoms with E-state index in [-0.39, 0.29) is 5.41 Å². The van der Waals surface area contributed by atoms with E-state index in [1.54, 1.807) is 0 Å². The largest absolute Gasteiger partial charge is 0.308 e. The van der Waals surface area contributed by atoms with Crippen molar-refractivity contribution < 1.29 is 0 Å². The van der Waals surface area contributed by atoms with Gasteiger partial charge in [0.2, 0.25) is 0 Å². The molecule has 0 aliphatic heterocycles. The van der Waals surface area contributed by atoms with Crippen LogP contribution in [0.1, 0.15) is 37.5 Å². The highest BCUT2D eigenvalue weighted by Gasteiger charge is 2.14. The molecule has 2 heteroatoms. The van der Waals surface area contributed by atoms with E-state index >= 15 is 0 Å². The smallest absolute Gasteiger partial charge is 0.0454 e. The predicted molar refractivity (Wildman–Crippen MR) is 70.6 cm³/mol. The molecule has 0 bridgehead atoms. The Bertz CT molecular complexity index is 337. The van der Waals surface area contributed by atoms with Crippen LogP contribution in [0.2, 0.25) is 0 Å². The number of hydrogen-bond donors (Lipinski definition) is 2. The number of benzene rings is 1. The molecule has 0 saturated heterocycles. The molecule has 0 heterocycles. The summed E-state index contributed by atoms with van der Waals surface area (Å²) in [4.78, 5) is 0. The Balaban J connectivity index is 2.76. The first kappa shape index (κ1) is 13.2. The molecule has 0 unspecified atom stereocenters. The van der Waals surface area contributed by atoms with Gasteiger partial charge >= 0.3 is 0 Å². The summed E-state index contributed by atoms with van der Waals surface area (Å²) in [6, 6.07) is 6.78. The number of aryl methyl sites for hydroxylation is 1. The molecule has 0 radical (unpaired) electrons. The summed E-state index contributed by atoms with van der Waals surface area (Å²) >= 11 is 0. The lowest BCUT2D eigenvalue weighted by atomic mass is 9.85. The van der Waals surface area contributed by atoms with Crippen molar-refractivity contribution >= 4 is 0 Å². The van der Waals surface area contributed by atoms with Gasteiger partial charge in [-0.25, -0.2) is 0 Å². The molecular weight excluding hydrogens is 196 g/mol. The molecule has 0 aliphatic rings. The normalized spacial score (nSPS) is 11.8. The van der Waals surface area contributed by atoms with Crippen LogP contribution in [0.3, 0.4) is 0 Å². The fraction of sp³-hybridized carbons (Fsp3) is 0.571. The summed E-state index contributed by atoms with van der Waals surface area (Å²) < 4.78 is 0. The quantitative estimate of drug-likeness (QED) is 0.602. The second kappa shape index (κ2) is 5.46. The van der Waals surface area contributed by atoms with E-state index < -0.39 is 0 Å². The zero-order chi connectivity index (χ0) is 12.2. The zero-order valence-corrected chi connectivity index (χ0v) is 11.1. The summed E-state index contributed by atoms with van der Waals surface area (Å²) in [7, 11) is 1.95. The van der Waals surface area contributed by atoms with E-state index in [0.29, 0.717) is 0 Å². The van der Waals surface area contributed by atoms with Gasteiger partial charge in [0.25, 0.3) is 0 Å². The summed E-state index contributed by atoms with van der Waals surface area (Å²) in [6.45, 7) is 10.7. The molecule has 90 valence electrons. The summed E-state index contributed by atoms with van der Waals surface area (Å²) in [5.41, 5.74) is 4.39. The first-order chi connectivity index (χ1) is 7.45. The molecule has 0 aliphatic carbocycles. The van der Waals surface area contributed by atoms with Gasteiger partial charge in [0.15, 0.2) is 0 Å². The van der Waals surface area contributed by atoms with Crippen LogP contribution in [0.15, 0.2) is 18.2 Å². The highest BCUT2D eigenvalue weighted by Crippen LogP contribution is 2.24. The molecule has 0 saturated carbocycles. The van der Waals surface area contributed by atoms with Gasteiger partial charge in [0.05, 0.1) is 0 Å². The fourth-order valence-electron chi connectivity index (χ4n) is 1.68. The highest BCUT2D eigenvalue weighted by molar-refractivity contribution is 5.34. The first-order valence-corrected chi connectivity index (χ1v) is 5.90. The van der Waals surface area contributed by atoms with Crippen molar-refractivity contribution in [2.45, 2.75) is 39.7 Å². The van der Waals surface area contributed by atoms with Crippen LogP contribution < -0.4 is 10.6 Å². The molecule has 1 aromatic carbocycles. The van der Waals surface area contributed by atoms with Crippen molar-refractivity contribution in [3.05, 3.63) is 34.9 Å². The van der Waals surface area contributed by atoms with Crippen molar-refractivity contribution in [2.24, 2.45) is 0 Å². The van der Waals surface area contributed by atoms with Crippen LogP contribution >= 0.6 is 0 Å². The van der Waals surface area contributed by atoms with E-state index in [2.05, 4.69) is 56.5 Å². The summed E-state index contributed by atoms with van der Waals surface area (Å²) in [6.07, 6.45) is 0. The maximum absolute atomic E-state index is 3.34. The lowest BCUT2D eigenvalue weighted by Crippen LogP contribution is -2.25. The van der Waals surface area contributed by atoms with Crippen molar-refractivity contribution in [2.75, 3.05) is 13.7 Å². The van der Waals surface area contributed by atoms with Crippen molar-refractivity contribution in [3.63, 3.8) is 0 Å². The summed E-state index contributed by atoms with van der Waals surface area (Å²) in [5, 5.41) is 6.42. The molecule has 1 aromatic rings. The number of rotatable bonds is 4. The topological polar surface area (TPSA) is 24.1 Å². The Morgan fingerprint density at radius 1 is 1.19 bits per heavy atom. The second-order valence-electron chi connectivity index (χ2n) is 5.35. The van der Waals surface area contributed by atoms with Gasteiger partial charge in [-0.05, 0) is 36.1 Å². The Kier molecular flexibility index (Phi) is 4.51. The lowest BCUT2D eigenvalue weighted by molar-refractivity contribution is 0.588. The van der Waals surface area contributed by atoms with Gasteiger partial charge in [-0.2, -0.15) is 0 Å². The Hall–Kier alpha value is -0.860. The lowest BCUT2D eigenvalue weighted by Gasteiger charge is -2.20. The Morgan fingerprint density at radius 3 is 2.38 bits per heavy atom. The van der Waals surface area contributed by atoms with Crippen molar-refractivity contribution in [1.82, 2.24) is 10.6 Å². The van der Waals surface area contributed by atoms with Crippen LogP contribution in [-0.2, 0) is 12.0 Å². The first-order valence-electron chi connectivity index (χ1n) is 5.90. The molecule has 0 amide bonds. The Labute approximate surface area is 99.5 Å². The monoisotopic (exact) mass is 220 g/mol. The van der Waals surface area contributed by atoms with E-state index in [1.807, 2.05) is 7.05 Å². The SMILES string of the molecule is CNCNCc1ccc(C(C)(C)C)cc1C. The molecule has 0 fully saturated rings. The number of hydrogen-bond acceptors (Lipinski definition) is 2. The van der Waals surface area contributed by atoms with E-state index in [0.717, 1.165) is 13.2 Å². The van der Waals surface area contributed by atoms with Crippen LogP contribution in [0, 0.1) is 6.92 Å². The van der Waals surface area contributed by atoms with Gasteiger partial charge in [-0.3, -0.25) is 0 Å². The molecule has 2 nitrogen and oxygen atoms in total. The standard InChI is InChI=1S/C14H24N2/c1-11-8-13(14(2,3)4)7-6-12(11)9-16-10-15-5/h6-8,15-16H,9-10H2,1-5H3. The zero-order valence-electron chi connectivity index (χ0n) is 11.1. The van der Waals surface area contributed by atoms with Gasteiger partial charge in [-0.1, -0.05) is 39.0 Å². The molecule has 0 aromatic heterocycles. The maximum atomic E-state index is 3.34. The van der Waals surface area contributed by atoms with Crippen LogP contribution in [-0.4, -0.2) is 13.7 Å². The van der Waals surface area contributed by atoms with Gasteiger partial charge < -0.3 is 10.6 Å². The third-order valence-corrected chi connectivity index (χ3v) is 2.83. The van der Waals surface area contributed by atoms with Crippen LogP contribution in [0.4, 0.5) is 0 Å².